The Labute approximate surface area is 103 Å². The second kappa shape index (κ2) is 6.15. The Balaban J connectivity index is 1.94. The van der Waals surface area contributed by atoms with Crippen molar-refractivity contribution in [2.75, 3.05) is 26.4 Å². The fourth-order valence-electron chi connectivity index (χ4n) is 2.20. The highest BCUT2D eigenvalue weighted by Gasteiger charge is 2.19. The van der Waals surface area contributed by atoms with Crippen molar-refractivity contribution in [3.05, 3.63) is 35.4 Å². The zero-order valence-corrected chi connectivity index (χ0v) is 10.4. The highest BCUT2D eigenvalue weighted by atomic mass is 16.5. The van der Waals surface area contributed by atoms with Gasteiger partial charge >= 0.3 is 0 Å². The molecule has 3 heteroatoms. The minimum Gasteiger partial charge on any atom is -0.381 e. The van der Waals surface area contributed by atoms with Gasteiger partial charge in [0.1, 0.15) is 0 Å². The molecule has 2 unspecified atom stereocenters. The summed E-state index contributed by atoms with van der Waals surface area (Å²) in [6, 6.07) is 8.27. The van der Waals surface area contributed by atoms with Gasteiger partial charge in [-0.3, -0.25) is 0 Å². The molecular formula is C14H21NO2. The summed E-state index contributed by atoms with van der Waals surface area (Å²) in [5, 5.41) is 0. The summed E-state index contributed by atoms with van der Waals surface area (Å²) in [5.41, 5.74) is 8.25. The molecule has 0 aromatic heterocycles. The van der Waals surface area contributed by atoms with Crippen LogP contribution in [0.25, 0.3) is 0 Å². The van der Waals surface area contributed by atoms with E-state index >= 15 is 0 Å². The van der Waals surface area contributed by atoms with Gasteiger partial charge in [0, 0.05) is 19.1 Å². The second-order valence-electron chi connectivity index (χ2n) is 4.64. The van der Waals surface area contributed by atoms with E-state index in [0.717, 1.165) is 26.2 Å². The maximum absolute atomic E-state index is 5.94. The smallest absolute Gasteiger partial charge is 0.0949 e. The van der Waals surface area contributed by atoms with E-state index in [0.29, 0.717) is 12.5 Å². The average molecular weight is 235 g/mol. The maximum atomic E-state index is 5.94. The van der Waals surface area contributed by atoms with Crippen LogP contribution in [-0.2, 0) is 9.47 Å². The van der Waals surface area contributed by atoms with E-state index in [1.54, 1.807) is 0 Å². The number of aryl methyl sites for hydroxylation is 1. The van der Waals surface area contributed by atoms with Crippen molar-refractivity contribution in [1.82, 2.24) is 0 Å². The first-order valence-electron chi connectivity index (χ1n) is 6.26. The van der Waals surface area contributed by atoms with Crippen LogP contribution in [0.4, 0.5) is 0 Å². The van der Waals surface area contributed by atoms with Gasteiger partial charge in [-0.2, -0.15) is 0 Å². The predicted molar refractivity (Wildman–Crippen MR) is 67.9 cm³/mol. The first-order chi connectivity index (χ1) is 8.31. The zero-order valence-electron chi connectivity index (χ0n) is 10.4. The van der Waals surface area contributed by atoms with Crippen molar-refractivity contribution >= 4 is 0 Å². The number of benzene rings is 1. The van der Waals surface area contributed by atoms with E-state index in [-0.39, 0.29) is 6.10 Å². The minimum atomic E-state index is 0.0109. The molecule has 2 atom stereocenters. The standard InChI is InChI=1S/C14H21NO2/c1-11-4-2-3-5-13(11)14(8-15)17-10-12-6-7-16-9-12/h2-5,12,14H,6-10,15H2,1H3. The van der Waals surface area contributed by atoms with Gasteiger partial charge in [0.25, 0.3) is 0 Å². The van der Waals surface area contributed by atoms with Crippen LogP contribution in [0.2, 0.25) is 0 Å². The number of rotatable bonds is 5. The Bertz CT molecular complexity index is 348. The molecule has 0 bridgehead atoms. The highest BCUT2D eigenvalue weighted by molar-refractivity contribution is 5.27. The molecule has 1 heterocycles. The molecule has 1 fully saturated rings. The minimum absolute atomic E-state index is 0.0109. The summed E-state index contributed by atoms with van der Waals surface area (Å²) in [5.74, 6) is 0.535. The number of hydrogen-bond donors (Lipinski definition) is 1. The Morgan fingerprint density at radius 3 is 2.94 bits per heavy atom. The van der Waals surface area contributed by atoms with Crippen LogP contribution in [0.3, 0.4) is 0 Å². The number of nitrogens with two attached hydrogens (primary N) is 1. The first kappa shape index (κ1) is 12.6. The summed E-state index contributed by atoms with van der Waals surface area (Å²) in [6.07, 6.45) is 1.11. The monoisotopic (exact) mass is 235 g/mol. The summed E-state index contributed by atoms with van der Waals surface area (Å²) >= 11 is 0. The molecule has 0 spiro atoms. The van der Waals surface area contributed by atoms with Crippen LogP contribution in [-0.4, -0.2) is 26.4 Å². The normalized spacial score (nSPS) is 21.6. The highest BCUT2D eigenvalue weighted by Crippen LogP contribution is 2.22. The van der Waals surface area contributed by atoms with E-state index in [2.05, 4.69) is 19.1 Å². The molecule has 1 aromatic carbocycles. The Hall–Kier alpha value is -0.900. The van der Waals surface area contributed by atoms with E-state index in [4.69, 9.17) is 15.2 Å². The van der Waals surface area contributed by atoms with Gasteiger partial charge in [-0.1, -0.05) is 24.3 Å². The Kier molecular flexibility index (Phi) is 4.54. The number of ether oxygens (including phenoxy) is 2. The molecule has 1 aliphatic heterocycles. The van der Waals surface area contributed by atoms with Gasteiger partial charge in [-0.25, -0.2) is 0 Å². The lowest BCUT2D eigenvalue weighted by atomic mass is 10.0. The van der Waals surface area contributed by atoms with Gasteiger partial charge in [-0.15, -0.1) is 0 Å². The molecule has 0 aliphatic carbocycles. The van der Waals surface area contributed by atoms with Crippen molar-refractivity contribution in [3.8, 4) is 0 Å². The van der Waals surface area contributed by atoms with Crippen LogP contribution in [0.15, 0.2) is 24.3 Å². The summed E-state index contributed by atoms with van der Waals surface area (Å²) in [4.78, 5) is 0. The molecule has 0 amide bonds. The molecule has 1 aromatic rings. The summed E-state index contributed by atoms with van der Waals surface area (Å²) < 4.78 is 11.3. The molecule has 2 rings (SSSR count). The summed E-state index contributed by atoms with van der Waals surface area (Å²) in [6.45, 7) is 5.06. The third-order valence-corrected chi connectivity index (χ3v) is 3.31. The topological polar surface area (TPSA) is 44.5 Å². The fraction of sp³-hybridized carbons (Fsp3) is 0.571. The van der Waals surface area contributed by atoms with Crippen LogP contribution >= 0.6 is 0 Å². The van der Waals surface area contributed by atoms with E-state index in [1.807, 2.05) is 12.1 Å². The third-order valence-electron chi connectivity index (χ3n) is 3.31. The van der Waals surface area contributed by atoms with Crippen molar-refractivity contribution < 1.29 is 9.47 Å². The Morgan fingerprint density at radius 1 is 1.47 bits per heavy atom. The van der Waals surface area contributed by atoms with Crippen molar-refractivity contribution in [3.63, 3.8) is 0 Å². The number of hydrogen-bond acceptors (Lipinski definition) is 3. The Morgan fingerprint density at radius 2 is 2.29 bits per heavy atom. The molecule has 0 radical (unpaired) electrons. The van der Waals surface area contributed by atoms with Crippen LogP contribution in [0.1, 0.15) is 23.7 Å². The lowest BCUT2D eigenvalue weighted by Crippen LogP contribution is -2.20. The van der Waals surface area contributed by atoms with Crippen molar-refractivity contribution in [2.45, 2.75) is 19.4 Å². The molecular weight excluding hydrogens is 214 g/mol. The van der Waals surface area contributed by atoms with Gasteiger partial charge in [0.2, 0.25) is 0 Å². The first-order valence-corrected chi connectivity index (χ1v) is 6.26. The van der Waals surface area contributed by atoms with Crippen molar-refractivity contribution in [1.29, 1.82) is 0 Å². The molecule has 3 nitrogen and oxygen atoms in total. The lowest BCUT2D eigenvalue weighted by molar-refractivity contribution is 0.0299. The molecule has 1 saturated heterocycles. The molecule has 1 aliphatic rings. The molecule has 0 saturated carbocycles. The van der Waals surface area contributed by atoms with Crippen LogP contribution in [0, 0.1) is 12.8 Å². The SMILES string of the molecule is Cc1ccccc1C(CN)OCC1CCOC1. The van der Waals surface area contributed by atoms with Gasteiger partial charge in [-0.05, 0) is 24.5 Å². The van der Waals surface area contributed by atoms with Crippen molar-refractivity contribution in [2.24, 2.45) is 11.7 Å². The summed E-state index contributed by atoms with van der Waals surface area (Å²) in [7, 11) is 0. The average Bonchev–Trinajstić information content (AvgIpc) is 2.85. The molecule has 17 heavy (non-hydrogen) atoms. The fourth-order valence-corrected chi connectivity index (χ4v) is 2.20. The third kappa shape index (κ3) is 3.28. The second-order valence-corrected chi connectivity index (χ2v) is 4.64. The zero-order chi connectivity index (χ0) is 12.1. The van der Waals surface area contributed by atoms with Gasteiger partial charge in [0.15, 0.2) is 0 Å². The van der Waals surface area contributed by atoms with E-state index in [9.17, 15) is 0 Å². The molecule has 2 N–H and O–H groups in total. The largest absolute Gasteiger partial charge is 0.381 e. The van der Waals surface area contributed by atoms with E-state index < -0.39 is 0 Å². The van der Waals surface area contributed by atoms with Crippen LogP contribution < -0.4 is 5.73 Å². The maximum Gasteiger partial charge on any atom is 0.0949 e. The van der Waals surface area contributed by atoms with Crippen LogP contribution in [0.5, 0.6) is 0 Å². The predicted octanol–water partition coefficient (Wildman–Crippen LogP) is 2.05. The molecule has 94 valence electrons. The van der Waals surface area contributed by atoms with Gasteiger partial charge < -0.3 is 15.2 Å². The van der Waals surface area contributed by atoms with E-state index in [1.165, 1.54) is 11.1 Å². The van der Waals surface area contributed by atoms with Gasteiger partial charge in [0.05, 0.1) is 19.3 Å². The lowest BCUT2D eigenvalue weighted by Gasteiger charge is -2.20. The quantitative estimate of drug-likeness (QED) is 0.849.